The van der Waals surface area contributed by atoms with Crippen LogP contribution in [0.15, 0.2) is 41.1 Å². The van der Waals surface area contributed by atoms with Crippen LogP contribution in [-0.4, -0.2) is 32.8 Å². The Hall–Kier alpha value is -2.09. The highest BCUT2D eigenvalue weighted by Crippen LogP contribution is 2.32. The minimum Gasteiger partial charge on any atom is -0.354 e. The molecule has 0 N–H and O–H groups in total. The van der Waals surface area contributed by atoms with Crippen LogP contribution < -0.4 is 4.90 Å². The normalized spacial score (nSPS) is 18.0. The number of anilines is 1. The van der Waals surface area contributed by atoms with E-state index in [0.717, 1.165) is 22.8 Å². The van der Waals surface area contributed by atoms with E-state index in [2.05, 4.69) is 31.0 Å². The van der Waals surface area contributed by atoms with Crippen LogP contribution in [0, 0.1) is 0 Å². The molecule has 0 amide bonds. The van der Waals surface area contributed by atoms with Crippen LogP contribution in [-0.2, 0) is 0 Å². The summed E-state index contributed by atoms with van der Waals surface area (Å²) in [4.78, 5) is 10.2. The summed E-state index contributed by atoms with van der Waals surface area (Å²) >= 11 is 3.40. The molecule has 0 spiro atoms. The second-order valence-electron chi connectivity index (χ2n) is 5.75. The molecule has 0 saturated carbocycles. The van der Waals surface area contributed by atoms with Crippen LogP contribution in [0.5, 0.6) is 0 Å². The van der Waals surface area contributed by atoms with Gasteiger partial charge < -0.3 is 4.90 Å². The Bertz CT molecular complexity index is 882. The predicted molar refractivity (Wildman–Crippen MR) is 90.3 cm³/mol. The summed E-state index contributed by atoms with van der Waals surface area (Å²) in [6, 6.07) is 7.47. The lowest BCUT2D eigenvalue weighted by Gasteiger charge is -2.20. The van der Waals surface area contributed by atoms with Crippen molar-refractivity contribution in [2.24, 2.45) is 0 Å². The molecule has 1 aliphatic heterocycles. The van der Waals surface area contributed by atoms with Gasteiger partial charge >= 0.3 is 0 Å². The molecule has 1 fully saturated rings. The second-order valence-corrected chi connectivity index (χ2v) is 6.67. The summed E-state index contributed by atoms with van der Waals surface area (Å²) in [7, 11) is 0. The van der Waals surface area contributed by atoms with E-state index in [1.165, 1.54) is 0 Å². The number of alkyl halides is 2. The molecule has 1 atom stereocenters. The zero-order chi connectivity index (χ0) is 16.7. The van der Waals surface area contributed by atoms with Crippen molar-refractivity contribution in [3.05, 3.63) is 47.0 Å². The highest BCUT2D eigenvalue weighted by Gasteiger charge is 2.28. The van der Waals surface area contributed by atoms with Crippen molar-refractivity contribution in [3.8, 4) is 0 Å². The Morgan fingerprint density at radius 1 is 1.21 bits per heavy atom. The number of halogens is 3. The summed E-state index contributed by atoms with van der Waals surface area (Å²) in [6.45, 7) is 1.42. The van der Waals surface area contributed by atoms with Gasteiger partial charge in [0.05, 0.1) is 22.2 Å². The number of para-hydroxylation sites is 1. The lowest BCUT2D eigenvalue weighted by atomic mass is 10.2. The number of rotatable bonds is 3. The van der Waals surface area contributed by atoms with Gasteiger partial charge in [-0.2, -0.15) is 5.10 Å². The van der Waals surface area contributed by atoms with Gasteiger partial charge in [0.25, 0.3) is 6.43 Å². The third-order valence-electron chi connectivity index (χ3n) is 4.20. The Balaban J connectivity index is 1.71. The molecule has 0 radical (unpaired) electrons. The molecule has 4 rings (SSSR count). The van der Waals surface area contributed by atoms with Gasteiger partial charge in [0.1, 0.15) is 5.82 Å². The predicted octanol–water partition coefficient (Wildman–Crippen LogP) is 3.98. The van der Waals surface area contributed by atoms with Crippen LogP contribution in [0.4, 0.5) is 14.6 Å². The molecular formula is C16H14BrF2N5. The van der Waals surface area contributed by atoms with Gasteiger partial charge in [-0.1, -0.05) is 12.1 Å². The Kier molecular flexibility index (Phi) is 3.91. The SMILES string of the molecule is FC(F)c1nc(N2CCC(n3cc(Br)cn3)C2)c2ccccc2n1. The van der Waals surface area contributed by atoms with E-state index in [0.29, 0.717) is 17.9 Å². The maximum Gasteiger partial charge on any atom is 0.297 e. The first kappa shape index (κ1) is 15.4. The minimum atomic E-state index is -2.69. The van der Waals surface area contributed by atoms with Crippen molar-refractivity contribution in [1.82, 2.24) is 19.7 Å². The van der Waals surface area contributed by atoms with Crippen molar-refractivity contribution >= 4 is 32.7 Å². The minimum absolute atomic E-state index is 0.194. The largest absolute Gasteiger partial charge is 0.354 e. The van der Waals surface area contributed by atoms with Gasteiger partial charge in [-0.25, -0.2) is 18.7 Å². The molecule has 0 bridgehead atoms. The molecule has 8 heteroatoms. The average Bonchev–Trinajstić information content (AvgIpc) is 3.22. The van der Waals surface area contributed by atoms with Gasteiger partial charge in [0.2, 0.25) is 0 Å². The standard InChI is InChI=1S/C16H14BrF2N5/c17-10-7-20-24(8-10)11-5-6-23(9-11)16-12-3-1-2-4-13(12)21-15(22-16)14(18)19/h1-4,7-8,11,14H,5-6,9H2. The molecule has 0 aliphatic carbocycles. The number of hydrogen-bond acceptors (Lipinski definition) is 4. The van der Waals surface area contributed by atoms with Crippen LogP contribution in [0.1, 0.15) is 24.7 Å². The van der Waals surface area contributed by atoms with Crippen molar-refractivity contribution in [2.45, 2.75) is 18.9 Å². The summed E-state index contributed by atoms with van der Waals surface area (Å²) < 4.78 is 29.1. The van der Waals surface area contributed by atoms with E-state index in [9.17, 15) is 8.78 Å². The quantitative estimate of drug-likeness (QED) is 0.675. The van der Waals surface area contributed by atoms with Crippen molar-refractivity contribution in [2.75, 3.05) is 18.0 Å². The Morgan fingerprint density at radius 2 is 2.04 bits per heavy atom. The van der Waals surface area contributed by atoms with E-state index in [-0.39, 0.29) is 6.04 Å². The maximum atomic E-state index is 13.1. The molecule has 1 saturated heterocycles. The summed E-state index contributed by atoms with van der Waals surface area (Å²) in [5.74, 6) is 0.151. The zero-order valence-corrected chi connectivity index (χ0v) is 14.2. The summed E-state index contributed by atoms with van der Waals surface area (Å²) in [5, 5.41) is 5.12. The van der Waals surface area contributed by atoms with Crippen LogP contribution in [0.25, 0.3) is 10.9 Å². The molecule has 2 aromatic heterocycles. The highest BCUT2D eigenvalue weighted by molar-refractivity contribution is 9.10. The molecule has 1 aromatic carbocycles. The first-order valence-electron chi connectivity index (χ1n) is 7.61. The Labute approximate surface area is 145 Å². The van der Waals surface area contributed by atoms with E-state index in [1.807, 2.05) is 27.9 Å². The van der Waals surface area contributed by atoms with Crippen molar-refractivity contribution < 1.29 is 8.78 Å². The Morgan fingerprint density at radius 3 is 2.79 bits per heavy atom. The molecule has 24 heavy (non-hydrogen) atoms. The fourth-order valence-corrected chi connectivity index (χ4v) is 3.38. The highest BCUT2D eigenvalue weighted by atomic mass is 79.9. The van der Waals surface area contributed by atoms with E-state index < -0.39 is 12.2 Å². The van der Waals surface area contributed by atoms with Crippen molar-refractivity contribution in [1.29, 1.82) is 0 Å². The van der Waals surface area contributed by atoms with Crippen molar-refractivity contribution in [3.63, 3.8) is 0 Å². The first-order valence-corrected chi connectivity index (χ1v) is 8.40. The first-order chi connectivity index (χ1) is 11.6. The van der Waals surface area contributed by atoms with Gasteiger partial charge in [-0.15, -0.1) is 0 Å². The van der Waals surface area contributed by atoms with Crippen LogP contribution in [0.3, 0.4) is 0 Å². The zero-order valence-electron chi connectivity index (χ0n) is 12.6. The number of nitrogens with zero attached hydrogens (tertiary/aromatic N) is 5. The molecule has 1 unspecified atom stereocenters. The summed E-state index contributed by atoms with van der Waals surface area (Å²) in [5.41, 5.74) is 0.545. The lowest BCUT2D eigenvalue weighted by molar-refractivity contribution is 0.141. The number of fused-ring (bicyclic) bond motifs is 1. The maximum absolute atomic E-state index is 13.1. The lowest BCUT2D eigenvalue weighted by Crippen LogP contribution is -2.23. The van der Waals surface area contributed by atoms with E-state index in [1.54, 1.807) is 18.3 Å². The molecule has 1 aliphatic rings. The second kappa shape index (κ2) is 6.08. The number of hydrogen-bond donors (Lipinski definition) is 0. The third-order valence-corrected chi connectivity index (χ3v) is 4.61. The fourth-order valence-electron chi connectivity index (χ4n) is 3.08. The van der Waals surface area contributed by atoms with E-state index in [4.69, 9.17) is 0 Å². The molecular weight excluding hydrogens is 380 g/mol. The summed E-state index contributed by atoms with van der Waals surface area (Å²) in [6.07, 6.45) is 1.87. The molecule has 3 aromatic rings. The third kappa shape index (κ3) is 2.75. The number of benzene rings is 1. The van der Waals surface area contributed by atoms with Crippen LogP contribution >= 0.6 is 15.9 Å². The van der Waals surface area contributed by atoms with Gasteiger partial charge in [0.15, 0.2) is 5.82 Å². The van der Waals surface area contributed by atoms with E-state index >= 15 is 0 Å². The van der Waals surface area contributed by atoms with Gasteiger partial charge in [-0.3, -0.25) is 4.68 Å². The van der Waals surface area contributed by atoms with Gasteiger partial charge in [-0.05, 0) is 34.5 Å². The smallest absolute Gasteiger partial charge is 0.297 e. The molecule has 3 heterocycles. The molecule has 5 nitrogen and oxygen atoms in total. The average molecular weight is 394 g/mol. The number of aromatic nitrogens is 4. The monoisotopic (exact) mass is 393 g/mol. The van der Waals surface area contributed by atoms with Gasteiger partial charge in [0, 0.05) is 24.7 Å². The topological polar surface area (TPSA) is 46.8 Å². The fraction of sp³-hybridized carbons (Fsp3) is 0.312. The molecule has 124 valence electrons. The van der Waals surface area contributed by atoms with Crippen LogP contribution in [0.2, 0.25) is 0 Å².